The number of hydroxylamine groups is 1. The Morgan fingerprint density at radius 3 is 2.31 bits per heavy atom. The Kier molecular flexibility index (Phi) is 3.86. The number of rotatable bonds is 3. The van der Waals surface area contributed by atoms with Gasteiger partial charge in [0.2, 0.25) is 0 Å². The normalized spacial score (nSPS) is 10.9. The highest BCUT2D eigenvalue weighted by Gasteiger charge is 2.16. The molecule has 1 rings (SSSR count). The highest BCUT2D eigenvalue weighted by atomic mass is 32.2. The monoisotopic (exact) mass is 244 g/mol. The van der Waals surface area contributed by atoms with Crippen LogP contribution < -0.4 is 10.2 Å². The van der Waals surface area contributed by atoms with E-state index >= 15 is 0 Å². The molecule has 2 amide bonds. The molecule has 0 radical (unpaired) electrons. The van der Waals surface area contributed by atoms with Crippen LogP contribution in [0.15, 0.2) is 29.2 Å². The molecule has 6 nitrogen and oxygen atoms in total. The topological polar surface area (TPSA) is 84.5 Å². The summed E-state index contributed by atoms with van der Waals surface area (Å²) >= 11 is 0. The molecule has 0 unspecified atom stereocenters. The molecule has 0 aliphatic heterocycles. The maximum absolute atomic E-state index is 11.6. The summed E-state index contributed by atoms with van der Waals surface area (Å²) in [6.07, 6.45) is 0. The lowest BCUT2D eigenvalue weighted by atomic mass is 10.2. The number of sulfonamides is 1. The highest BCUT2D eigenvalue weighted by molar-refractivity contribution is 7.90. The van der Waals surface area contributed by atoms with Crippen molar-refractivity contribution in [2.75, 3.05) is 7.11 Å². The smallest absolute Gasteiger partial charge is 0.275 e. The van der Waals surface area contributed by atoms with Crippen molar-refractivity contribution in [1.29, 1.82) is 0 Å². The first kappa shape index (κ1) is 12.5. The van der Waals surface area contributed by atoms with Gasteiger partial charge in [0.15, 0.2) is 0 Å². The average Bonchev–Trinajstić information content (AvgIpc) is 2.17. The zero-order chi connectivity index (χ0) is 12.2. The standard InChI is InChI=1S/C9H12N2O4S/c1-7-3-5-8(6-4-7)16(13,14)11-9(12)10-15-2/h3-6H,1-2H3,(H2,10,11,12). The first-order valence-electron chi connectivity index (χ1n) is 4.38. The van der Waals surface area contributed by atoms with Gasteiger partial charge in [-0.2, -0.15) is 0 Å². The Bertz CT molecular complexity index is 467. The predicted octanol–water partition coefficient (Wildman–Crippen LogP) is 0.544. The van der Waals surface area contributed by atoms with Crippen molar-refractivity contribution in [3.63, 3.8) is 0 Å². The lowest BCUT2D eigenvalue weighted by molar-refractivity contribution is 0.110. The van der Waals surface area contributed by atoms with Crippen molar-refractivity contribution in [3.8, 4) is 0 Å². The summed E-state index contributed by atoms with van der Waals surface area (Å²) in [5.74, 6) is 0. The number of carbonyl (C=O) groups excluding carboxylic acids is 1. The molecule has 2 N–H and O–H groups in total. The zero-order valence-corrected chi connectivity index (χ0v) is 9.67. The number of hydrogen-bond acceptors (Lipinski definition) is 4. The number of nitrogens with one attached hydrogen (secondary N) is 2. The lowest BCUT2D eigenvalue weighted by Gasteiger charge is -2.06. The maximum Gasteiger partial charge on any atom is 0.352 e. The Balaban J connectivity index is 2.86. The van der Waals surface area contributed by atoms with Crippen LogP contribution in [0.4, 0.5) is 4.79 Å². The number of carbonyl (C=O) groups is 1. The van der Waals surface area contributed by atoms with E-state index in [4.69, 9.17) is 0 Å². The van der Waals surface area contributed by atoms with Gasteiger partial charge >= 0.3 is 6.03 Å². The molecule has 0 bridgehead atoms. The fourth-order valence-corrected chi connectivity index (χ4v) is 1.91. The summed E-state index contributed by atoms with van der Waals surface area (Å²) in [7, 11) is -2.63. The summed E-state index contributed by atoms with van der Waals surface area (Å²) in [5.41, 5.74) is 2.78. The van der Waals surface area contributed by atoms with Crippen molar-refractivity contribution >= 4 is 16.1 Å². The zero-order valence-electron chi connectivity index (χ0n) is 8.85. The average molecular weight is 244 g/mol. The molecule has 0 atom stereocenters. The Morgan fingerprint density at radius 2 is 1.81 bits per heavy atom. The van der Waals surface area contributed by atoms with E-state index in [0.717, 1.165) is 5.56 Å². The van der Waals surface area contributed by atoms with Crippen LogP contribution in [0.2, 0.25) is 0 Å². The number of urea groups is 1. The van der Waals surface area contributed by atoms with Gasteiger partial charge in [-0.15, -0.1) is 0 Å². The maximum atomic E-state index is 11.6. The molecular formula is C9H12N2O4S. The highest BCUT2D eigenvalue weighted by Crippen LogP contribution is 2.09. The molecule has 1 aromatic carbocycles. The number of hydrogen-bond donors (Lipinski definition) is 2. The van der Waals surface area contributed by atoms with Gasteiger partial charge < -0.3 is 0 Å². The third-order valence-electron chi connectivity index (χ3n) is 1.75. The molecule has 0 spiro atoms. The van der Waals surface area contributed by atoms with Crippen LogP contribution in [-0.2, 0) is 14.9 Å². The van der Waals surface area contributed by atoms with Gasteiger partial charge in [0, 0.05) is 0 Å². The van der Waals surface area contributed by atoms with Crippen LogP contribution in [0.3, 0.4) is 0 Å². The van der Waals surface area contributed by atoms with Gasteiger partial charge in [-0.3, -0.25) is 4.84 Å². The summed E-state index contributed by atoms with van der Waals surface area (Å²) < 4.78 is 25.0. The van der Waals surface area contributed by atoms with Gasteiger partial charge in [0.1, 0.15) is 0 Å². The van der Waals surface area contributed by atoms with Crippen LogP contribution in [0, 0.1) is 6.92 Å². The van der Waals surface area contributed by atoms with Gasteiger partial charge in [0.05, 0.1) is 12.0 Å². The van der Waals surface area contributed by atoms with Crippen molar-refractivity contribution in [2.45, 2.75) is 11.8 Å². The van der Waals surface area contributed by atoms with E-state index in [0.29, 0.717) is 0 Å². The molecule has 1 aromatic rings. The summed E-state index contributed by atoms with van der Waals surface area (Å²) in [6, 6.07) is 5.17. The number of benzene rings is 1. The van der Waals surface area contributed by atoms with E-state index in [9.17, 15) is 13.2 Å². The molecule has 0 aromatic heterocycles. The Morgan fingerprint density at radius 1 is 1.25 bits per heavy atom. The predicted molar refractivity (Wildman–Crippen MR) is 57.0 cm³/mol. The Hall–Kier alpha value is -1.60. The lowest BCUT2D eigenvalue weighted by Crippen LogP contribution is -2.38. The third kappa shape index (κ3) is 3.21. The second-order valence-electron chi connectivity index (χ2n) is 3.05. The SMILES string of the molecule is CONC(=O)NS(=O)(=O)c1ccc(C)cc1. The first-order chi connectivity index (χ1) is 7.45. The first-order valence-corrected chi connectivity index (χ1v) is 5.86. The number of amides is 2. The molecule has 88 valence electrons. The number of aryl methyl sites for hydroxylation is 1. The van der Waals surface area contributed by atoms with Crippen LogP contribution in [0.25, 0.3) is 0 Å². The molecule has 0 saturated carbocycles. The molecule has 7 heteroatoms. The molecule has 0 aliphatic carbocycles. The molecule has 0 heterocycles. The molecule has 0 aliphatic rings. The summed E-state index contributed by atoms with van der Waals surface area (Å²) in [4.78, 5) is 15.3. The van der Waals surface area contributed by atoms with Crippen molar-refractivity contribution in [1.82, 2.24) is 10.2 Å². The fourth-order valence-electron chi connectivity index (χ4n) is 1.01. The van der Waals surface area contributed by atoms with E-state index < -0.39 is 16.1 Å². The Labute approximate surface area is 93.6 Å². The summed E-state index contributed by atoms with van der Waals surface area (Å²) in [5, 5.41) is 0. The van der Waals surface area contributed by atoms with Crippen LogP contribution >= 0.6 is 0 Å². The molecule has 0 fully saturated rings. The largest absolute Gasteiger partial charge is 0.352 e. The second kappa shape index (κ2) is 4.95. The van der Waals surface area contributed by atoms with E-state index in [2.05, 4.69) is 4.84 Å². The van der Waals surface area contributed by atoms with Gasteiger partial charge in [-0.05, 0) is 19.1 Å². The minimum Gasteiger partial charge on any atom is -0.275 e. The molecular weight excluding hydrogens is 232 g/mol. The molecule has 16 heavy (non-hydrogen) atoms. The van der Waals surface area contributed by atoms with Crippen LogP contribution in [-0.4, -0.2) is 21.6 Å². The van der Waals surface area contributed by atoms with E-state index in [1.54, 1.807) is 16.9 Å². The summed E-state index contributed by atoms with van der Waals surface area (Å²) in [6.45, 7) is 1.83. The minimum atomic E-state index is -3.84. The van der Waals surface area contributed by atoms with E-state index in [1.807, 2.05) is 12.4 Å². The van der Waals surface area contributed by atoms with Crippen molar-refractivity contribution in [2.24, 2.45) is 0 Å². The quantitative estimate of drug-likeness (QED) is 0.760. The van der Waals surface area contributed by atoms with Gasteiger partial charge in [-0.1, -0.05) is 17.7 Å². The van der Waals surface area contributed by atoms with Crippen molar-refractivity contribution in [3.05, 3.63) is 29.8 Å². The third-order valence-corrected chi connectivity index (χ3v) is 3.10. The van der Waals surface area contributed by atoms with E-state index in [-0.39, 0.29) is 4.90 Å². The van der Waals surface area contributed by atoms with Gasteiger partial charge in [-0.25, -0.2) is 23.4 Å². The van der Waals surface area contributed by atoms with Crippen LogP contribution in [0.1, 0.15) is 5.56 Å². The van der Waals surface area contributed by atoms with Gasteiger partial charge in [0.25, 0.3) is 10.0 Å². The van der Waals surface area contributed by atoms with E-state index in [1.165, 1.54) is 19.2 Å². The van der Waals surface area contributed by atoms with Crippen LogP contribution in [0.5, 0.6) is 0 Å². The van der Waals surface area contributed by atoms with Crippen molar-refractivity contribution < 1.29 is 18.0 Å². The molecule has 0 saturated heterocycles. The second-order valence-corrected chi connectivity index (χ2v) is 4.74. The fraction of sp³-hybridized carbons (Fsp3) is 0.222. The minimum absolute atomic E-state index is 0.0179.